The molecule has 0 N–H and O–H groups in total. The second-order valence-corrected chi connectivity index (χ2v) is 13.5. The molecule has 0 heterocycles. The molecule has 2 heteroatoms. The van der Waals surface area contributed by atoms with E-state index in [4.69, 9.17) is 0 Å². The van der Waals surface area contributed by atoms with Crippen molar-refractivity contribution in [3.63, 3.8) is 0 Å². The van der Waals surface area contributed by atoms with Crippen molar-refractivity contribution in [2.75, 3.05) is 9.80 Å². The number of hydrogen-bond donors (Lipinski definition) is 0. The van der Waals surface area contributed by atoms with E-state index in [2.05, 4.69) is 228 Å². The Labute approximate surface area is 313 Å². The van der Waals surface area contributed by atoms with E-state index in [1.165, 1.54) is 33.4 Å². The van der Waals surface area contributed by atoms with E-state index < -0.39 is 0 Å². The van der Waals surface area contributed by atoms with Gasteiger partial charge in [0.25, 0.3) is 0 Å². The summed E-state index contributed by atoms with van der Waals surface area (Å²) < 4.78 is 0. The van der Waals surface area contributed by atoms with Gasteiger partial charge >= 0.3 is 0 Å². The third kappa shape index (κ3) is 8.30. The van der Waals surface area contributed by atoms with Crippen LogP contribution < -0.4 is 9.80 Å². The average molecular weight is 683 g/mol. The molecule has 2 nitrogen and oxygen atoms in total. The minimum Gasteiger partial charge on any atom is -0.311 e. The minimum absolute atomic E-state index is 0.906. The third-order valence-electron chi connectivity index (χ3n) is 9.72. The van der Waals surface area contributed by atoms with Gasteiger partial charge in [-0.3, -0.25) is 0 Å². The van der Waals surface area contributed by atoms with Crippen LogP contribution in [0.3, 0.4) is 0 Å². The van der Waals surface area contributed by atoms with Crippen LogP contribution in [0, 0.1) is 0 Å². The second kappa shape index (κ2) is 16.1. The number of para-hydroxylation sites is 4. The van der Waals surface area contributed by atoms with Gasteiger partial charge in [-0.25, -0.2) is 0 Å². The van der Waals surface area contributed by atoms with Crippen molar-refractivity contribution in [2.24, 2.45) is 0 Å². The molecule has 0 aliphatic carbocycles. The van der Waals surface area contributed by atoms with Crippen LogP contribution in [0.1, 0.15) is 33.4 Å². The Morgan fingerprint density at radius 3 is 0.566 bits per heavy atom. The van der Waals surface area contributed by atoms with E-state index in [-0.39, 0.29) is 0 Å². The Morgan fingerprint density at radius 2 is 0.358 bits per heavy atom. The van der Waals surface area contributed by atoms with Gasteiger partial charge in [0.2, 0.25) is 0 Å². The molecule has 8 aromatic carbocycles. The van der Waals surface area contributed by atoms with Crippen LogP contribution in [-0.2, 0) is 19.3 Å². The van der Waals surface area contributed by atoms with Gasteiger partial charge in [0.05, 0.1) is 0 Å². The van der Waals surface area contributed by atoms with Crippen molar-refractivity contribution in [2.45, 2.75) is 19.3 Å². The number of benzene rings is 8. The first kappa shape index (κ1) is 33.5. The lowest BCUT2D eigenvalue weighted by molar-refractivity contribution is 1.13. The van der Waals surface area contributed by atoms with Gasteiger partial charge in [0.15, 0.2) is 0 Å². The Balaban J connectivity index is 0.882. The van der Waals surface area contributed by atoms with E-state index in [1.54, 1.807) is 0 Å². The molecular formula is C51H42N2. The monoisotopic (exact) mass is 682 g/mol. The zero-order chi connectivity index (χ0) is 35.7. The fraction of sp³-hybridized carbons (Fsp3) is 0.0588. The highest BCUT2D eigenvalue weighted by Gasteiger charge is 2.13. The molecule has 256 valence electrons. The summed E-state index contributed by atoms with van der Waals surface area (Å²) in [5, 5.41) is 0. The highest BCUT2D eigenvalue weighted by molar-refractivity contribution is 5.77. The number of nitrogens with zero attached hydrogens (tertiary/aromatic N) is 2. The minimum atomic E-state index is 0.906. The van der Waals surface area contributed by atoms with Gasteiger partial charge in [-0.15, -0.1) is 0 Å². The lowest BCUT2D eigenvalue weighted by Gasteiger charge is -2.25. The summed E-state index contributed by atoms with van der Waals surface area (Å²) in [5.74, 6) is 0. The van der Waals surface area contributed by atoms with Crippen molar-refractivity contribution in [3.8, 4) is 0 Å². The number of anilines is 6. The summed E-state index contributed by atoms with van der Waals surface area (Å²) >= 11 is 0. The van der Waals surface area contributed by atoms with E-state index in [9.17, 15) is 0 Å². The van der Waals surface area contributed by atoms with E-state index >= 15 is 0 Å². The molecule has 0 saturated heterocycles. The quantitative estimate of drug-likeness (QED) is 0.127. The molecule has 0 spiro atoms. The molecule has 0 aliphatic heterocycles. The summed E-state index contributed by atoms with van der Waals surface area (Å²) in [6.07, 6.45) is 2.74. The average Bonchev–Trinajstić information content (AvgIpc) is 3.22. The van der Waals surface area contributed by atoms with E-state index in [1.807, 2.05) is 0 Å². The molecule has 0 amide bonds. The van der Waals surface area contributed by atoms with Crippen LogP contribution in [-0.4, -0.2) is 0 Å². The topological polar surface area (TPSA) is 6.48 Å². The van der Waals surface area contributed by atoms with Crippen LogP contribution in [0.25, 0.3) is 0 Å². The van der Waals surface area contributed by atoms with Crippen molar-refractivity contribution in [1.82, 2.24) is 0 Å². The molecule has 0 saturated carbocycles. The fourth-order valence-corrected chi connectivity index (χ4v) is 6.99. The first-order chi connectivity index (χ1) is 26.2. The third-order valence-corrected chi connectivity index (χ3v) is 9.72. The van der Waals surface area contributed by atoms with Gasteiger partial charge < -0.3 is 9.80 Å². The van der Waals surface area contributed by atoms with Gasteiger partial charge in [-0.05, 0) is 125 Å². The standard InChI is InChI=1S/C51H42N2/c1-5-13-46(14-6-1)52(47-15-7-2-8-16-47)50-33-29-44(30-34-50)38-42-25-21-40(22-26-42)37-41-23-27-43(28-24-41)39-45-31-35-51(36-32-45)53(48-17-9-3-10-18-48)49-19-11-4-12-20-49/h1-36H,37-39H2. The highest BCUT2D eigenvalue weighted by atomic mass is 15.1. The van der Waals surface area contributed by atoms with Crippen LogP contribution in [0.2, 0.25) is 0 Å². The Kier molecular flexibility index (Phi) is 10.2. The maximum Gasteiger partial charge on any atom is 0.0461 e. The Morgan fingerprint density at radius 1 is 0.189 bits per heavy atom. The molecule has 53 heavy (non-hydrogen) atoms. The molecule has 0 atom stereocenters. The zero-order valence-electron chi connectivity index (χ0n) is 29.8. The second-order valence-electron chi connectivity index (χ2n) is 13.5. The lowest BCUT2D eigenvalue weighted by atomic mass is 9.98. The normalized spacial score (nSPS) is 10.9. The first-order valence-electron chi connectivity index (χ1n) is 18.4. The van der Waals surface area contributed by atoms with Crippen molar-refractivity contribution >= 4 is 34.1 Å². The Bertz CT molecular complexity index is 2050. The lowest BCUT2D eigenvalue weighted by Crippen LogP contribution is -2.09. The Hall–Kier alpha value is -6.64. The van der Waals surface area contributed by atoms with Crippen molar-refractivity contribution < 1.29 is 0 Å². The summed E-state index contributed by atoms with van der Waals surface area (Å²) in [6.45, 7) is 0. The molecule has 0 aliphatic rings. The summed E-state index contributed by atoms with van der Waals surface area (Å²) in [6, 6.07) is 78.4. The van der Waals surface area contributed by atoms with Gasteiger partial charge in [-0.1, -0.05) is 146 Å². The molecule has 0 bridgehead atoms. The largest absolute Gasteiger partial charge is 0.311 e. The molecule has 0 unspecified atom stereocenters. The maximum absolute atomic E-state index is 2.30. The first-order valence-corrected chi connectivity index (χ1v) is 18.4. The predicted octanol–water partition coefficient (Wildman–Crippen LogP) is 13.4. The van der Waals surface area contributed by atoms with E-state index in [0.29, 0.717) is 0 Å². The molecule has 0 radical (unpaired) electrons. The maximum atomic E-state index is 2.30. The SMILES string of the molecule is c1ccc(N(c2ccccc2)c2ccc(Cc3ccc(Cc4ccc(Cc5ccc(N(c6ccccc6)c6ccccc6)cc5)cc4)cc3)cc2)cc1. The number of hydrogen-bond acceptors (Lipinski definition) is 2. The molecule has 8 aromatic rings. The van der Waals surface area contributed by atoms with Gasteiger partial charge in [0.1, 0.15) is 0 Å². The fourth-order valence-electron chi connectivity index (χ4n) is 6.99. The van der Waals surface area contributed by atoms with Crippen LogP contribution >= 0.6 is 0 Å². The van der Waals surface area contributed by atoms with Crippen molar-refractivity contribution in [3.05, 3.63) is 252 Å². The van der Waals surface area contributed by atoms with E-state index in [0.717, 1.165) is 53.4 Å². The smallest absolute Gasteiger partial charge is 0.0461 e. The van der Waals surface area contributed by atoms with Crippen LogP contribution in [0.5, 0.6) is 0 Å². The molecular weight excluding hydrogens is 641 g/mol. The summed E-state index contributed by atoms with van der Waals surface area (Å²) in [4.78, 5) is 4.60. The van der Waals surface area contributed by atoms with Crippen LogP contribution in [0.15, 0.2) is 218 Å². The molecule has 8 rings (SSSR count). The van der Waals surface area contributed by atoms with Gasteiger partial charge in [0, 0.05) is 34.1 Å². The summed E-state index contributed by atoms with van der Waals surface area (Å²) in [7, 11) is 0. The van der Waals surface area contributed by atoms with Crippen LogP contribution in [0.4, 0.5) is 34.1 Å². The molecule has 0 fully saturated rings. The van der Waals surface area contributed by atoms with Crippen molar-refractivity contribution in [1.29, 1.82) is 0 Å². The summed E-state index contributed by atoms with van der Waals surface area (Å²) in [5.41, 5.74) is 14.8. The number of rotatable bonds is 12. The molecule has 0 aromatic heterocycles. The predicted molar refractivity (Wildman–Crippen MR) is 224 cm³/mol. The highest BCUT2D eigenvalue weighted by Crippen LogP contribution is 2.35. The zero-order valence-corrected chi connectivity index (χ0v) is 29.8. The van der Waals surface area contributed by atoms with Gasteiger partial charge in [-0.2, -0.15) is 0 Å².